The maximum absolute atomic E-state index is 12.8. The molecule has 0 saturated carbocycles. The third kappa shape index (κ3) is 4.13. The molecule has 0 spiro atoms. The lowest BCUT2D eigenvalue weighted by molar-refractivity contribution is -0.136. The maximum Gasteiger partial charge on any atom is 0.318 e. The highest BCUT2D eigenvalue weighted by atomic mass is 16.2. The highest BCUT2D eigenvalue weighted by Gasteiger charge is 2.46. The average molecular weight is 399 g/mol. The summed E-state index contributed by atoms with van der Waals surface area (Å²) in [5.74, 6) is 0.206. The van der Waals surface area contributed by atoms with Gasteiger partial charge in [0.25, 0.3) is 0 Å². The van der Waals surface area contributed by atoms with Crippen LogP contribution in [-0.2, 0) is 11.3 Å². The molecule has 29 heavy (non-hydrogen) atoms. The van der Waals surface area contributed by atoms with Gasteiger partial charge in [-0.1, -0.05) is 38.1 Å². The normalized spacial score (nSPS) is 26.0. The Morgan fingerprint density at radius 3 is 2.55 bits per heavy atom. The van der Waals surface area contributed by atoms with Gasteiger partial charge in [-0.3, -0.25) is 9.69 Å². The smallest absolute Gasteiger partial charge is 0.318 e. The van der Waals surface area contributed by atoms with Crippen LogP contribution in [0, 0.1) is 12.8 Å². The molecule has 3 saturated heterocycles. The number of hydrogen-bond donors (Lipinski definition) is 1. The van der Waals surface area contributed by atoms with Crippen LogP contribution in [0.4, 0.5) is 4.79 Å². The van der Waals surface area contributed by atoms with E-state index in [4.69, 9.17) is 0 Å². The second-order valence-corrected chi connectivity index (χ2v) is 9.19. The van der Waals surface area contributed by atoms with Gasteiger partial charge in [-0.15, -0.1) is 0 Å². The van der Waals surface area contributed by atoms with Crippen molar-refractivity contribution in [3.63, 3.8) is 0 Å². The third-order valence-corrected chi connectivity index (χ3v) is 6.89. The van der Waals surface area contributed by atoms with Crippen LogP contribution < -0.4 is 5.32 Å². The van der Waals surface area contributed by atoms with Crippen LogP contribution in [0.15, 0.2) is 24.3 Å². The molecular weight excluding hydrogens is 364 g/mol. The molecule has 1 N–H and O–H groups in total. The van der Waals surface area contributed by atoms with Gasteiger partial charge < -0.3 is 15.1 Å². The third-order valence-electron chi connectivity index (χ3n) is 6.89. The van der Waals surface area contributed by atoms with E-state index in [9.17, 15) is 9.59 Å². The van der Waals surface area contributed by atoms with E-state index in [1.807, 2.05) is 18.7 Å². The summed E-state index contributed by atoms with van der Waals surface area (Å²) < 4.78 is 0. The number of rotatable bonds is 4. The Labute approximate surface area is 174 Å². The molecule has 0 bridgehead atoms. The summed E-state index contributed by atoms with van der Waals surface area (Å²) in [6.45, 7) is 10.5. The number of aryl methyl sites for hydroxylation is 1. The number of fused-ring (bicyclic) bond motifs is 1. The van der Waals surface area contributed by atoms with Gasteiger partial charge >= 0.3 is 6.03 Å². The average Bonchev–Trinajstić information content (AvgIpc) is 3.04. The zero-order chi connectivity index (χ0) is 20.5. The first-order valence-electron chi connectivity index (χ1n) is 11.1. The summed E-state index contributed by atoms with van der Waals surface area (Å²) in [6, 6.07) is 9.27. The Hall–Kier alpha value is -2.08. The first-order chi connectivity index (χ1) is 13.9. The number of carbonyl (C=O) groups is 2. The molecule has 3 aliphatic rings. The largest absolute Gasteiger partial charge is 0.340 e. The second-order valence-electron chi connectivity index (χ2n) is 9.19. The second kappa shape index (κ2) is 8.34. The van der Waals surface area contributed by atoms with Gasteiger partial charge in [0.05, 0.1) is 12.1 Å². The summed E-state index contributed by atoms with van der Waals surface area (Å²) in [5, 5.41) is 3.16. The van der Waals surface area contributed by atoms with Crippen molar-refractivity contribution >= 4 is 11.9 Å². The number of hydrogen-bond acceptors (Lipinski definition) is 3. The molecule has 2 unspecified atom stereocenters. The minimum atomic E-state index is 0.0114. The van der Waals surface area contributed by atoms with Crippen molar-refractivity contribution in [1.29, 1.82) is 0 Å². The van der Waals surface area contributed by atoms with Crippen molar-refractivity contribution in [3.05, 3.63) is 35.4 Å². The SMILES string of the molecule is Cc1ccccc1CN1CCC(N2C(=O)NC3CN(C(=O)C(C)C)CCC32)CC1. The predicted molar refractivity (Wildman–Crippen MR) is 113 cm³/mol. The number of nitrogens with one attached hydrogen (secondary N) is 1. The van der Waals surface area contributed by atoms with Crippen LogP contribution in [-0.4, -0.2) is 70.9 Å². The molecule has 1 aromatic carbocycles. The molecular formula is C23H34N4O2. The summed E-state index contributed by atoms with van der Waals surface area (Å²) >= 11 is 0. The highest BCUT2D eigenvalue weighted by molar-refractivity contribution is 5.80. The molecule has 1 aromatic rings. The fourth-order valence-corrected chi connectivity index (χ4v) is 5.18. The van der Waals surface area contributed by atoms with E-state index < -0.39 is 0 Å². The number of piperidine rings is 2. The first kappa shape index (κ1) is 20.2. The van der Waals surface area contributed by atoms with Gasteiger partial charge in [0.15, 0.2) is 0 Å². The minimum Gasteiger partial charge on any atom is -0.340 e. The van der Waals surface area contributed by atoms with Gasteiger partial charge in [-0.25, -0.2) is 4.79 Å². The van der Waals surface area contributed by atoms with E-state index in [2.05, 4.69) is 46.3 Å². The van der Waals surface area contributed by atoms with Crippen molar-refractivity contribution in [3.8, 4) is 0 Å². The molecule has 6 heteroatoms. The summed E-state index contributed by atoms with van der Waals surface area (Å²) in [4.78, 5) is 31.7. The van der Waals surface area contributed by atoms with E-state index in [0.29, 0.717) is 12.6 Å². The van der Waals surface area contributed by atoms with Gasteiger partial charge in [0.1, 0.15) is 0 Å². The van der Waals surface area contributed by atoms with Crippen LogP contribution in [0.2, 0.25) is 0 Å². The molecule has 6 nitrogen and oxygen atoms in total. The number of likely N-dealkylation sites (tertiary alicyclic amines) is 2. The van der Waals surface area contributed by atoms with Crippen molar-refractivity contribution in [2.24, 2.45) is 5.92 Å². The number of nitrogens with zero attached hydrogens (tertiary/aromatic N) is 3. The maximum atomic E-state index is 12.8. The molecule has 3 fully saturated rings. The Morgan fingerprint density at radius 2 is 1.86 bits per heavy atom. The quantitative estimate of drug-likeness (QED) is 0.848. The molecule has 4 rings (SSSR count). The lowest BCUT2D eigenvalue weighted by Crippen LogP contribution is -2.55. The zero-order valence-electron chi connectivity index (χ0n) is 17.9. The predicted octanol–water partition coefficient (Wildman–Crippen LogP) is 2.61. The summed E-state index contributed by atoms with van der Waals surface area (Å²) in [5.41, 5.74) is 2.74. The molecule has 3 heterocycles. The molecule has 3 aliphatic heterocycles. The van der Waals surface area contributed by atoms with Crippen LogP contribution in [0.1, 0.15) is 44.2 Å². The molecule has 0 aromatic heterocycles. The van der Waals surface area contributed by atoms with E-state index in [-0.39, 0.29) is 29.9 Å². The monoisotopic (exact) mass is 398 g/mol. The van der Waals surface area contributed by atoms with Gasteiger partial charge in [0, 0.05) is 44.7 Å². The van der Waals surface area contributed by atoms with E-state index in [1.54, 1.807) is 0 Å². The fourth-order valence-electron chi connectivity index (χ4n) is 5.18. The van der Waals surface area contributed by atoms with Gasteiger partial charge in [0.2, 0.25) is 5.91 Å². The van der Waals surface area contributed by atoms with Crippen LogP contribution in [0.25, 0.3) is 0 Å². The van der Waals surface area contributed by atoms with Crippen LogP contribution >= 0.6 is 0 Å². The molecule has 0 aliphatic carbocycles. The van der Waals surface area contributed by atoms with E-state index in [1.165, 1.54) is 11.1 Å². The number of urea groups is 1. The Balaban J connectivity index is 1.34. The van der Waals surface area contributed by atoms with Crippen molar-refractivity contribution < 1.29 is 9.59 Å². The zero-order valence-corrected chi connectivity index (χ0v) is 17.9. The molecule has 158 valence electrons. The fraction of sp³-hybridized carbons (Fsp3) is 0.652. The van der Waals surface area contributed by atoms with Crippen molar-refractivity contribution in [2.75, 3.05) is 26.2 Å². The minimum absolute atomic E-state index is 0.0114. The highest BCUT2D eigenvalue weighted by Crippen LogP contribution is 2.30. The van der Waals surface area contributed by atoms with E-state index >= 15 is 0 Å². The molecule has 3 amide bonds. The number of amides is 3. The lowest BCUT2D eigenvalue weighted by Gasteiger charge is -2.42. The molecule has 2 atom stereocenters. The molecule has 0 radical (unpaired) electrons. The topological polar surface area (TPSA) is 55.9 Å². The first-order valence-corrected chi connectivity index (χ1v) is 11.1. The van der Waals surface area contributed by atoms with Crippen LogP contribution in [0.5, 0.6) is 0 Å². The Kier molecular flexibility index (Phi) is 5.81. The van der Waals surface area contributed by atoms with Gasteiger partial charge in [-0.2, -0.15) is 0 Å². The standard InChI is InChI=1S/C23H34N4O2/c1-16(2)22(28)26-13-10-21-20(15-26)24-23(29)27(21)19-8-11-25(12-9-19)14-18-7-5-4-6-17(18)3/h4-7,16,19-21H,8-15H2,1-3H3,(H,24,29). The Morgan fingerprint density at radius 1 is 1.14 bits per heavy atom. The number of benzene rings is 1. The van der Waals surface area contributed by atoms with E-state index in [0.717, 1.165) is 45.4 Å². The summed E-state index contributed by atoms with van der Waals surface area (Å²) in [7, 11) is 0. The lowest BCUT2D eigenvalue weighted by atomic mass is 9.95. The van der Waals surface area contributed by atoms with Crippen molar-refractivity contribution in [2.45, 2.75) is 64.7 Å². The Bertz CT molecular complexity index is 757. The van der Waals surface area contributed by atoms with Gasteiger partial charge in [-0.05, 0) is 37.3 Å². The van der Waals surface area contributed by atoms with Crippen LogP contribution in [0.3, 0.4) is 0 Å². The summed E-state index contributed by atoms with van der Waals surface area (Å²) in [6.07, 6.45) is 2.93. The number of carbonyl (C=O) groups excluding carboxylic acids is 2. The van der Waals surface area contributed by atoms with Crippen molar-refractivity contribution in [1.82, 2.24) is 20.0 Å².